The summed E-state index contributed by atoms with van der Waals surface area (Å²) in [5.41, 5.74) is 3.99. The molecule has 0 saturated heterocycles. The van der Waals surface area contributed by atoms with E-state index in [2.05, 4.69) is 50.4 Å². The van der Waals surface area contributed by atoms with Crippen LogP contribution in [0.2, 0.25) is 0 Å². The van der Waals surface area contributed by atoms with E-state index in [-0.39, 0.29) is 5.91 Å². The van der Waals surface area contributed by atoms with E-state index in [0.717, 1.165) is 36.3 Å². The van der Waals surface area contributed by atoms with Crippen molar-refractivity contribution in [2.45, 2.75) is 53.9 Å². The first-order valence-corrected chi connectivity index (χ1v) is 9.42. The van der Waals surface area contributed by atoms with Gasteiger partial charge < -0.3 is 10.1 Å². The van der Waals surface area contributed by atoms with Crippen molar-refractivity contribution in [3.63, 3.8) is 0 Å². The fourth-order valence-electron chi connectivity index (χ4n) is 2.84. The summed E-state index contributed by atoms with van der Waals surface area (Å²) in [7, 11) is 0. The van der Waals surface area contributed by atoms with Crippen molar-refractivity contribution in [2.24, 2.45) is 5.41 Å². The predicted molar refractivity (Wildman–Crippen MR) is 109 cm³/mol. The Morgan fingerprint density at radius 2 is 1.88 bits per heavy atom. The topological polar surface area (TPSA) is 38.3 Å². The normalized spacial score (nSPS) is 11.3. The molecule has 0 heterocycles. The van der Waals surface area contributed by atoms with Crippen molar-refractivity contribution >= 4 is 11.6 Å². The lowest BCUT2D eigenvalue weighted by Crippen LogP contribution is -2.31. The zero-order valence-corrected chi connectivity index (χ0v) is 16.7. The molecular weight excluding hydrogens is 322 g/mol. The first kappa shape index (κ1) is 20.0. The fraction of sp³-hybridized carbons (Fsp3) is 0.435. The van der Waals surface area contributed by atoms with Gasteiger partial charge in [0.2, 0.25) is 5.91 Å². The van der Waals surface area contributed by atoms with E-state index in [1.54, 1.807) is 0 Å². The molecule has 0 saturated carbocycles. The number of hydrogen-bond donors (Lipinski definition) is 1. The van der Waals surface area contributed by atoms with Gasteiger partial charge in [0.15, 0.2) is 0 Å². The van der Waals surface area contributed by atoms with Gasteiger partial charge in [0.05, 0.1) is 6.61 Å². The second kappa shape index (κ2) is 8.88. The molecule has 2 aromatic carbocycles. The van der Waals surface area contributed by atoms with Gasteiger partial charge in [0, 0.05) is 11.1 Å². The van der Waals surface area contributed by atoms with Gasteiger partial charge in [-0.05, 0) is 68.0 Å². The zero-order chi connectivity index (χ0) is 19.2. The van der Waals surface area contributed by atoms with Gasteiger partial charge in [-0.25, -0.2) is 0 Å². The lowest BCUT2D eigenvalue weighted by Gasteiger charge is -2.24. The molecule has 0 aliphatic carbocycles. The number of benzene rings is 2. The van der Waals surface area contributed by atoms with Crippen LogP contribution in [0.15, 0.2) is 42.5 Å². The van der Waals surface area contributed by atoms with Gasteiger partial charge in [-0.15, -0.1) is 0 Å². The van der Waals surface area contributed by atoms with Crippen molar-refractivity contribution in [1.82, 2.24) is 0 Å². The molecule has 2 aromatic rings. The van der Waals surface area contributed by atoms with Crippen LogP contribution < -0.4 is 10.1 Å². The first-order chi connectivity index (χ1) is 12.3. The third kappa shape index (κ3) is 5.62. The van der Waals surface area contributed by atoms with Crippen LogP contribution in [0.1, 0.15) is 50.3 Å². The van der Waals surface area contributed by atoms with E-state index in [9.17, 15) is 4.79 Å². The van der Waals surface area contributed by atoms with E-state index in [0.29, 0.717) is 6.61 Å². The molecule has 1 N–H and O–H groups in total. The number of amides is 1. The number of carbonyl (C=O) groups excluding carboxylic acids is 1. The molecule has 0 atom stereocenters. The Bertz CT molecular complexity index is 750. The molecule has 0 fully saturated rings. The lowest BCUT2D eigenvalue weighted by atomic mass is 9.87. The highest BCUT2D eigenvalue weighted by Gasteiger charge is 2.27. The summed E-state index contributed by atoms with van der Waals surface area (Å²) in [5, 5.41) is 3.05. The Balaban J connectivity index is 1.85. The Labute approximate surface area is 157 Å². The van der Waals surface area contributed by atoms with Gasteiger partial charge in [-0.3, -0.25) is 4.79 Å². The van der Waals surface area contributed by atoms with E-state index in [1.807, 2.05) is 32.0 Å². The van der Waals surface area contributed by atoms with E-state index in [4.69, 9.17) is 4.74 Å². The smallest absolute Gasteiger partial charge is 0.230 e. The van der Waals surface area contributed by atoms with Crippen molar-refractivity contribution < 1.29 is 9.53 Å². The number of hydrogen-bond acceptors (Lipinski definition) is 2. The number of anilines is 1. The molecule has 0 bridgehead atoms. The number of aryl methyl sites for hydroxylation is 3. The Morgan fingerprint density at radius 1 is 1.12 bits per heavy atom. The summed E-state index contributed by atoms with van der Waals surface area (Å²) in [6.07, 6.45) is 2.57. The highest BCUT2D eigenvalue weighted by atomic mass is 16.5. The van der Waals surface area contributed by atoms with Crippen LogP contribution in [-0.4, -0.2) is 12.5 Å². The second-order valence-corrected chi connectivity index (χ2v) is 7.61. The minimum Gasteiger partial charge on any atom is -0.493 e. The van der Waals surface area contributed by atoms with Crippen LogP contribution in [0.4, 0.5) is 5.69 Å². The van der Waals surface area contributed by atoms with Gasteiger partial charge in [0.1, 0.15) is 5.75 Å². The number of carbonyl (C=O) groups is 1. The van der Waals surface area contributed by atoms with Crippen molar-refractivity contribution in [3.05, 3.63) is 59.2 Å². The molecule has 1 amide bonds. The van der Waals surface area contributed by atoms with Crippen molar-refractivity contribution in [1.29, 1.82) is 0 Å². The molecule has 2 rings (SSSR count). The Kier molecular flexibility index (Phi) is 6.84. The molecule has 26 heavy (non-hydrogen) atoms. The largest absolute Gasteiger partial charge is 0.493 e. The molecule has 0 aliphatic rings. The molecule has 140 valence electrons. The van der Waals surface area contributed by atoms with Crippen LogP contribution >= 0.6 is 0 Å². The van der Waals surface area contributed by atoms with Crippen LogP contribution in [0.25, 0.3) is 0 Å². The first-order valence-electron chi connectivity index (χ1n) is 9.42. The highest BCUT2D eigenvalue weighted by molar-refractivity contribution is 5.94. The van der Waals surface area contributed by atoms with Gasteiger partial charge in [-0.1, -0.05) is 45.0 Å². The molecule has 3 nitrogen and oxygen atoms in total. The van der Waals surface area contributed by atoms with Gasteiger partial charge >= 0.3 is 0 Å². The maximum atomic E-state index is 12.6. The molecule has 0 aromatic heterocycles. The Hall–Kier alpha value is -2.29. The molecule has 0 unspecified atom stereocenters. The van der Waals surface area contributed by atoms with Crippen LogP contribution in [0.3, 0.4) is 0 Å². The van der Waals surface area contributed by atoms with Crippen LogP contribution in [0, 0.1) is 19.3 Å². The number of rotatable bonds is 8. The monoisotopic (exact) mass is 353 g/mol. The maximum absolute atomic E-state index is 12.6. The van der Waals surface area contributed by atoms with E-state index >= 15 is 0 Å². The quantitative estimate of drug-likeness (QED) is 0.619. The average Bonchev–Trinajstić information content (AvgIpc) is 2.61. The third-order valence-electron chi connectivity index (χ3n) is 4.76. The Morgan fingerprint density at radius 3 is 2.62 bits per heavy atom. The molecule has 3 heteroatoms. The molecule has 0 aliphatic heterocycles. The summed E-state index contributed by atoms with van der Waals surface area (Å²) in [5.74, 6) is 0.987. The summed E-state index contributed by atoms with van der Waals surface area (Å²) in [6, 6.07) is 14.3. The molecule has 0 radical (unpaired) electrons. The lowest BCUT2D eigenvalue weighted by molar-refractivity contribution is -0.124. The predicted octanol–water partition coefficient (Wildman–Crippen LogP) is 5.69. The van der Waals surface area contributed by atoms with Crippen molar-refractivity contribution in [2.75, 3.05) is 11.9 Å². The average molecular weight is 354 g/mol. The number of ether oxygens (including phenoxy) is 1. The second-order valence-electron chi connectivity index (χ2n) is 7.61. The zero-order valence-electron chi connectivity index (χ0n) is 16.7. The van der Waals surface area contributed by atoms with Crippen molar-refractivity contribution in [3.8, 4) is 5.75 Å². The maximum Gasteiger partial charge on any atom is 0.230 e. The summed E-state index contributed by atoms with van der Waals surface area (Å²) in [6.45, 7) is 10.8. The van der Waals surface area contributed by atoms with Gasteiger partial charge in [0.25, 0.3) is 0 Å². The fourth-order valence-corrected chi connectivity index (χ4v) is 2.84. The SMILES string of the molecule is CCc1cccc(NC(=O)C(C)(C)CCCOc2cc(C)ccc2C)c1. The van der Waals surface area contributed by atoms with E-state index < -0.39 is 5.41 Å². The molecule has 0 spiro atoms. The van der Waals surface area contributed by atoms with Crippen LogP contribution in [-0.2, 0) is 11.2 Å². The highest BCUT2D eigenvalue weighted by Crippen LogP contribution is 2.26. The van der Waals surface area contributed by atoms with Crippen LogP contribution in [0.5, 0.6) is 5.75 Å². The summed E-state index contributed by atoms with van der Waals surface area (Å²) >= 11 is 0. The molecular formula is C23H31NO2. The number of nitrogens with one attached hydrogen (secondary N) is 1. The minimum atomic E-state index is -0.437. The van der Waals surface area contributed by atoms with E-state index in [1.165, 1.54) is 11.1 Å². The summed E-state index contributed by atoms with van der Waals surface area (Å²) in [4.78, 5) is 12.6. The summed E-state index contributed by atoms with van der Waals surface area (Å²) < 4.78 is 5.91. The standard InChI is InChI=1S/C23H31NO2/c1-6-19-9-7-10-20(16-19)24-22(25)23(4,5)13-8-14-26-21-15-17(2)11-12-18(21)3/h7,9-12,15-16H,6,8,13-14H2,1-5H3,(H,24,25). The third-order valence-corrected chi connectivity index (χ3v) is 4.76. The minimum absolute atomic E-state index is 0.0532. The van der Waals surface area contributed by atoms with Gasteiger partial charge in [-0.2, -0.15) is 0 Å².